The second-order valence-corrected chi connectivity index (χ2v) is 7.06. The predicted molar refractivity (Wildman–Crippen MR) is 90.3 cm³/mol. The Bertz CT molecular complexity index is 1010. The highest BCUT2D eigenvalue weighted by atomic mass is 32.1. The molecule has 0 N–H and O–H groups in total. The minimum Gasteiger partial charge on any atom is -0.451 e. The number of fused-ring (bicyclic) bond motifs is 2. The largest absolute Gasteiger partial charge is 0.451 e. The lowest BCUT2D eigenvalue weighted by Crippen LogP contribution is -2.35. The molecular weight excluding hydrogens is 362 g/mol. The highest BCUT2D eigenvalue weighted by molar-refractivity contribution is 7.20. The second kappa shape index (κ2) is 6.20. The molecule has 4 rings (SSSR count). The van der Waals surface area contributed by atoms with E-state index in [0.717, 1.165) is 34.9 Å². The van der Waals surface area contributed by atoms with E-state index < -0.39 is 24.6 Å². The Morgan fingerprint density at radius 1 is 1.31 bits per heavy atom. The molecule has 2 amide bonds. The summed E-state index contributed by atoms with van der Waals surface area (Å²) < 4.78 is 11.3. The summed E-state index contributed by atoms with van der Waals surface area (Å²) in [7, 11) is 0. The van der Waals surface area contributed by atoms with Crippen molar-refractivity contribution < 1.29 is 23.9 Å². The molecule has 2 aliphatic heterocycles. The molecule has 0 atom stereocenters. The van der Waals surface area contributed by atoms with Gasteiger partial charge in [0.1, 0.15) is 22.1 Å². The first-order valence-corrected chi connectivity index (χ1v) is 8.96. The number of carbonyl (C=O) groups excluding carboxylic acids is 3. The van der Waals surface area contributed by atoms with Crippen molar-refractivity contribution in [2.75, 3.05) is 19.8 Å². The summed E-state index contributed by atoms with van der Waals surface area (Å²) in [6, 6.07) is 0. The Hall–Kier alpha value is -2.75. The van der Waals surface area contributed by atoms with Gasteiger partial charge >= 0.3 is 12.1 Å². The zero-order valence-electron chi connectivity index (χ0n) is 13.9. The number of hydrogen-bond donors (Lipinski definition) is 0. The van der Waals surface area contributed by atoms with Gasteiger partial charge in [-0.25, -0.2) is 19.5 Å². The van der Waals surface area contributed by atoms with E-state index in [1.54, 1.807) is 11.5 Å². The highest BCUT2D eigenvalue weighted by Crippen LogP contribution is 2.29. The van der Waals surface area contributed by atoms with Gasteiger partial charge in [0.15, 0.2) is 6.61 Å². The van der Waals surface area contributed by atoms with Crippen LogP contribution in [0.5, 0.6) is 0 Å². The maximum atomic E-state index is 12.6. The van der Waals surface area contributed by atoms with E-state index in [1.807, 2.05) is 0 Å². The lowest BCUT2D eigenvalue weighted by Gasteiger charge is -2.10. The molecule has 1 saturated heterocycles. The molecule has 10 heteroatoms. The first-order chi connectivity index (χ1) is 12.5. The number of ether oxygens (including phenoxy) is 2. The van der Waals surface area contributed by atoms with E-state index in [1.165, 1.54) is 0 Å². The fraction of sp³-hybridized carbons (Fsp3) is 0.438. The van der Waals surface area contributed by atoms with E-state index in [0.29, 0.717) is 22.3 Å². The molecule has 0 aromatic carbocycles. The minimum absolute atomic E-state index is 0.133. The van der Waals surface area contributed by atoms with E-state index in [9.17, 15) is 19.2 Å². The lowest BCUT2D eigenvalue weighted by molar-refractivity contribution is -0.131. The first kappa shape index (κ1) is 16.7. The zero-order chi connectivity index (χ0) is 18.4. The summed E-state index contributed by atoms with van der Waals surface area (Å²) in [6.07, 6.45) is 0.882. The zero-order valence-corrected chi connectivity index (χ0v) is 14.8. The molecule has 0 unspecified atom stereocenters. The molecule has 2 aromatic heterocycles. The van der Waals surface area contributed by atoms with Gasteiger partial charge in [-0.05, 0) is 18.9 Å². The molecule has 26 heavy (non-hydrogen) atoms. The average molecular weight is 377 g/mol. The molecule has 136 valence electrons. The number of rotatable bonds is 3. The van der Waals surface area contributed by atoms with E-state index in [4.69, 9.17) is 4.74 Å². The van der Waals surface area contributed by atoms with Crippen LogP contribution in [-0.4, -0.2) is 52.2 Å². The lowest BCUT2D eigenvalue weighted by atomic mass is 10.2. The maximum Gasteiger partial charge on any atom is 0.416 e. The van der Waals surface area contributed by atoms with Crippen LogP contribution in [0.15, 0.2) is 4.79 Å². The number of cyclic esters (lactones) is 1. The van der Waals surface area contributed by atoms with Gasteiger partial charge in [-0.2, -0.15) is 0 Å². The molecule has 0 radical (unpaired) electrons. The summed E-state index contributed by atoms with van der Waals surface area (Å²) >= 11 is 1.08. The Morgan fingerprint density at radius 3 is 2.85 bits per heavy atom. The van der Waals surface area contributed by atoms with Crippen molar-refractivity contribution in [2.45, 2.75) is 26.3 Å². The number of amides is 2. The summed E-state index contributed by atoms with van der Waals surface area (Å²) in [4.78, 5) is 54.4. The highest BCUT2D eigenvalue weighted by Gasteiger charge is 2.30. The number of nitrogens with zero attached hydrogens (tertiary/aromatic N) is 3. The van der Waals surface area contributed by atoms with Gasteiger partial charge in [0, 0.05) is 13.0 Å². The Morgan fingerprint density at radius 2 is 2.12 bits per heavy atom. The first-order valence-electron chi connectivity index (χ1n) is 8.14. The van der Waals surface area contributed by atoms with Crippen molar-refractivity contribution in [3.05, 3.63) is 26.6 Å². The van der Waals surface area contributed by atoms with Crippen LogP contribution in [0.3, 0.4) is 0 Å². The Labute approximate surface area is 151 Å². The van der Waals surface area contributed by atoms with Crippen molar-refractivity contribution in [2.24, 2.45) is 0 Å². The maximum absolute atomic E-state index is 12.6. The normalized spacial score (nSPS) is 16.0. The smallest absolute Gasteiger partial charge is 0.416 e. The third kappa shape index (κ3) is 2.57. The third-order valence-corrected chi connectivity index (χ3v) is 5.65. The fourth-order valence-electron chi connectivity index (χ4n) is 3.16. The van der Waals surface area contributed by atoms with Crippen LogP contribution < -0.4 is 5.56 Å². The van der Waals surface area contributed by atoms with Crippen LogP contribution in [-0.2, 0) is 27.2 Å². The van der Waals surface area contributed by atoms with Gasteiger partial charge in [0.05, 0.1) is 11.9 Å². The van der Waals surface area contributed by atoms with E-state index in [-0.39, 0.29) is 23.6 Å². The van der Waals surface area contributed by atoms with Crippen LogP contribution in [0.4, 0.5) is 4.79 Å². The average Bonchev–Trinajstić information content (AvgIpc) is 3.32. The van der Waals surface area contributed by atoms with Crippen LogP contribution in [0, 0.1) is 6.92 Å². The Kier molecular flexibility index (Phi) is 3.98. The molecule has 0 bridgehead atoms. The van der Waals surface area contributed by atoms with Gasteiger partial charge in [0.25, 0.3) is 11.5 Å². The molecule has 0 spiro atoms. The van der Waals surface area contributed by atoms with Gasteiger partial charge in [0.2, 0.25) is 0 Å². The number of aryl methyl sites for hydroxylation is 2. The monoisotopic (exact) mass is 377 g/mol. The van der Waals surface area contributed by atoms with Crippen LogP contribution in [0.2, 0.25) is 0 Å². The predicted octanol–water partition coefficient (Wildman–Crippen LogP) is 0.848. The molecular formula is C16H15N3O6S. The summed E-state index contributed by atoms with van der Waals surface area (Å²) in [5.41, 5.74) is 0.355. The van der Waals surface area contributed by atoms with Crippen molar-refractivity contribution in [3.8, 4) is 0 Å². The van der Waals surface area contributed by atoms with Crippen molar-refractivity contribution in [1.29, 1.82) is 0 Å². The van der Waals surface area contributed by atoms with Crippen molar-refractivity contribution in [3.63, 3.8) is 0 Å². The topological polar surface area (TPSA) is 108 Å². The summed E-state index contributed by atoms with van der Waals surface area (Å²) in [5.74, 6) is -0.626. The molecule has 2 aliphatic rings. The number of thiophene rings is 1. The third-order valence-electron chi connectivity index (χ3n) is 4.49. The molecule has 9 nitrogen and oxygen atoms in total. The van der Waals surface area contributed by atoms with Crippen LogP contribution >= 0.6 is 11.3 Å². The molecule has 0 saturated carbocycles. The summed E-state index contributed by atoms with van der Waals surface area (Å²) in [5, 5.41) is 0.419. The van der Waals surface area contributed by atoms with E-state index >= 15 is 0 Å². The minimum atomic E-state index is -0.740. The fourth-order valence-corrected chi connectivity index (χ4v) is 4.24. The van der Waals surface area contributed by atoms with Gasteiger partial charge in [-0.3, -0.25) is 14.2 Å². The Balaban J connectivity index is 1.57. The van der Waals surface area contributed by atoms with Gasteiger partial charge in [-0.1, -0.05) is 0 Å². The molecule has 1 fully saturated rings. The quantitative estimate of drug-likeness (QED) is 0.730. The molecule has 0 aliphatic carbocycles. The van der Waals surface area contributed by atoms with Crippen molar-refractivity contribution >= 4 is 39.5 Å². The van der Waals surface area contributed by atoms with Crippen molar-refractivity contribution in [1.82, 2.24) is 14.5 Å². The van der Waals surface area contributed by atoms with E-state index in [2.05, 4.69) is 9.72 Å². The SMILES string of the molecule is Cc1c(C(=O)OCC(=O)N2CCOC2=O)sc2nc3n(c(=O)c12)CCC3. The number of carbonyl (C=O) groups is 3. The van der Waals surface area contributed by atoms with Gasteiger partial charge in [-0.15, -0.1) is 11.3 Å². The summed E-state index contributed by atoms with van der Waals surface area (Å²) in [6.45, 7) is 2.01. The number of hydrogen-bond acceptors (Lipinski definition) is 8. The number of esters is 1. The number of aromatic nitrogens is 2. The molecule has 4 heterocycles. The standard InChI is InChI=1S/C16H15N3O6S/c1-8-11-13(17-9-3-2-4-18(9)14(11)21)26-12(8)15(22)25-7-10(20)19-5-6-24-16(19)23/h2-7H2,1H3. The van der Waals surface area contributed by atoms with Crippen LogP contribution in [0.1, 0.15) is 27.5 Å². The van der Waals surface area contributed by atoms with Crippen LogP contribution in [0.25, 0.3) is 10.2 Å². The van der Waals surface area contributed by atoms with Gasteiger partial charge < -0.3 is 9.47 Å². The second-order valence-electron chi connectivity index (χ2n) is 6.06. The molecule has 2 aromatic rings. The number of imide groups is 1.